The first kappa shape index (κ1) is 15.4. The van der Waals surface area contributed by atoms with Crippen molar-refractivity contribution < 1.29 is 10.0 Å². The number of nitrogens with one attached hydrogen (secondary N) is 1. The van der Waals surface area contributed by atoms with Crippen molar-refractivity contribution >= 4 is 11.5 Å². The molecule has 0 aliphatic heterocycles. The number of nitrogens with zero attached hydrogens (tertiary/aromatic N) is 3. The highest BCUT2D eigenvalue weighted by atomic mass is 16.6. The molecule has 0 aromatic carbocycles. The summed E-state index contributed by atoms with van der Waals surface area (Å²) in [6, 6.07) is 0. The number of rotatable bonds is 7. The molecule has 1 rings (SSSR count). The van der Waals surface area contributed by atoms with Gasteiger partial charge in [-0.05, 0) is 26.7 Å². The van der Waals surface area contributed by atoms with Crippen LogP contribution in [-0.2, 0) is 6.54 Å². The smallest absolute Gasteiger partial charge is 0.333 e. The first-order chi connectivity index (χ1) is 8.94. The van der Waals surface area contributed by atoms with Gasteiger partial charge in [0.1, 0.15) is 5.69 Å². The number of hydrogen-bond acceptors (Lipinski definition) is 5. The maximum atomic E-state index is 11.2. The average molecular weight is 270 g/mol. The first-order valence-electron chi connectivity index (χ1n) is 6.55. The van der Waals surface area contributed by atoms with Gasteiger partial charge in [-0.2, -0.15) is 5.10 Å². The second-order valence-electron chi connectivity index (χ2n) is 4.63. The molecule has 1 aromatic heterocycles. The van der Waals surface area contributed by atoms with Crippen LogP contribution >= 0.6 is 0 Å². The van der Waals surface area contributed by atoms with Gasteiger partial charge in [-0.15, -0.1) is 0 Å². The van der Waals surface area contributed by atoms with E-state index in [1.54, 1.807) is 11.6 Å². The van der Waals surface area contributed by atoms with E-state index in [1.807, 2.05) is 20.8 Å². The molecule has 0 radical (unpaired) electrons. The summed E-state index contributed by atoms with van der Waals surface area (Å²) >= 11 is 0. The summed E-state index contributed by atoms with van der Waals surface area (Å²) in [5.41, 5.74) is -0.181. The van der Waals surface area contributed by atoms with E-state index >= 15 is 0 Å². The lowest BCUT2D eigenvalue weighted by atomic mass is 9.94. The highest BCUT2D eigenvalue weighted by molar-refractivity contribution is 5.60. The van der Waals surface area contributed by atoms with Crippen LogP contribution in [-0.4, -0.2) is 32.0 Å². The van der Waals surface area contributed by atoms with Crippen molar-refractivity contribution in [1.29, 1.82) is 0 Å². The number of nitro groups is 1. The molecule has 0 saturated heterocycles. The third kappa shape index (κ3) is 2.86. The highest BCUT2D eigenvalue weighted by Crippen LogP contribution is 2.32. The van der Waals surface area contributed by atoms with E-state index < -0.39 is 10.5 Å². The van der Waals surface area contributed by atoms with Crippen LogP contribution in [0.3, 0.4) is 0 Å². The number of anilines is 1. The van der Waals surface area contributed by atoms with Crippen LogP contribution < -0.4 is 5.32 Å². The predicted molar refractivity (Wildman–Crippen MR) is 73.3 cm³/mol. The maximum absolute atomic E-state index is 11.2. The van der Waals surface area contributed by atoms with Crippen LogP contribution in [0.5, 0.6) is 0 Å². The maximum Gasteiger partial charge on any atom is 0.333 e. The van der Waals surface area contributed by atoms with E-state index in [9.17, 15) is 15.2 Å². The number of aryl methyl sites for hydroxylation is 2. The average Bonchev–Trinajstić information content (AvgIpc) is 2.72. The SMILES string of the molecule is CCn1nc(C)c([N+](=O)[O-])c1NC(CC)(CC)CO. The Morgan fingerprint density at radius 1 is 1.42 bits per heavy atom. The summed E-state index contributed by atoms with van der Waals surface area (Å²) in [5, 5.41) is 28.1. The van der Waals surface area contributed by atoms with Gasteiger partial charge in [0.05, 0.1) is 17.1 Å². The fourth-order valence-corrected chi connectivity index (χ4v) is 2.08. The van der Waals surface area contributed by atoms with Gasteiger partial charge in [-0.25, -0.2) is 4.68 Å². The lowest BCUT2D eigenvalue weighted by molar-refractivity contribution is -0.384. The zero-order valence-corrected chi connectivity index (χ0v) is 11.9. The molecule has 0 aliphatic rings. The molecule has 0 aliphatic carbocycles. The minimum absolute atomic E-state index is 0.0124. The van der Waals surface area contributed by atoms with Crippen molar-refractivity contribution in [3.8, 4) is 0 Å². The molecule has 0 saturated carbocycles. The molecule has 108 valence electrons. The van der Waals surface area contributed by atoms with E-state index in [-0.39, 0.29) is 12.3 Å². The Kier molecular flexibility index (Phi) is 4.88. The minimum atomic E-state index is -0.551. The fourth-order valence-electron chi connectivity index (χ4n) is 2.08. The highest BCUT2D eigenvalue weighted by Gasteiger charge is 2.32. The molecule has 0 spiro atoms. The predicted octanol–water partition coefficient (Wildman–Crippen LogP) is 2.08. The first-order valence-corrected chi connectivity index (χ1v) is 6.55. The van der Waals surface area contributed by atoms with E-state index in [0.29, 0.717) is 30.9 Å². The lowest BCUT2D eigenvalue weighted by Crippen LogP contribution is -2.41. The van der Waals surface area contributed by atoms with E-state index in [0.717, 1.165) is 0 Å². The van der Waals surface area contributed by atoms with Gasteiger partial charge < -0.3 is 10.4 Å². The van der Waals surface area contributed by atoms with Crippen LogP contribution in [0.1, 0.15) is 39.3 Å². The van der Waals surface area contributed by atoms with Gasteiger partial charge in [0.2, 0.25) is 5.82 Å². The van der Waals surface area contributed by atoms with Crippen LogP contribution in [0, 0.1) is 17.0 Å². The van der Waals surface area contributed by atoms with Crippen molar-refractivity contribution in [3.63, 3.8) is 0 Å². The number of aliphatic hydroxyl groups is 1. The van der Waals surface area contributed by atoms with E-state index in [4.69, 9.17) is 0 Å². The second kappa shape index (κ2) is 6.01. The molecule has 1 heterocycles. The largest absolute Gasteiger partial charge is 0.394 e. The molecule has 19 heavy (non-hydrogen) atoms. The van der Waals surface area contributed by atoms with Gasteiger partial charge in [0.15, 0.2) is 0 Å². The summed E-state index contributed by atoms with van der Waals surface area (Å²) in [7, 11) is 0. The monoisotopic (exact) mass is 270 g/mol. The molecule has 0 fully saturated rings. The normalized spacial score (nSPS) is 11.6. The van der Waals surface area contributed by atoms with E-state index in [1.165, 1.54) is 0 Å². The lowest BCUT2D eigenvalue weighted by Gasteiger charge is -2.31. The van der Waals surface area contributed by atoms with Crippen LogP contribution in [0.4, 0.5) is 11.5 Å². The second-order valence-corrected chi connectivity index (χ2v) is 4.63. The molecule has 2 N–H and O–H groups in total. The summed E-state index contributed by atoms with van der Waals surface area (Å²) in [6.07, 6.45) is 1.34. The number of aromatic nitrogens is 2. The molecule has 0 amide bonds. The third-order valence-electron chi connectivity index (χ3n) is 3.62. The Labute approximate surface area is 112 Å². The number of aliphatic hydroxyl groups excluding tert-OH is 1. The molecule has 1 aromatic rings. The van der Waals surface area contributed by atoms with Gasteiger partial charge in [-0.1, -0.05) is 13.8 Å². The Morgan fingerprint density at radius 2 is 2.00 bits per heavy atom. The van der Waals surface area contributed by atoms with Crippen molar-refractivity contribution in [1.82, 2.24) is 9.78 Å². The summed E-state index contributed by atoms with van der Waals surface area (Å²) in [5.74, 6) is 0.378. The summed E-state index contributed by atoms with van der Waals surface area (Å²) in [6.45, 7) is 7.83. The zero-order chi connectivity index (χ0) is 14.6. The van der Waals surface area contributed by atoms with E-state index in [2.05, 4.69) is 10.4 Å². The molecule has 0 bridgehead atoms. The van der Waals surface area contributed by atoms with Crippen molar-refractivity contribution in [3.05, 3.63) is 15.8 Å². The topological polar surface area (TPSA) is 93.2 Å². The van der Waals surface area contributed by atoms with Crippen LogP contribution in [0.25, 0.3) is 0 Å². The summed E-state index contributed by atoms with van der Waals surface area (Å²) < 4.78 is 1.57. The minimum Gasteiger partial charge on any atom is -0.394 e. The molecule has 7 nitrogen and oxygen atoms in total. The Bertz CT molecular complexity index is 444. The molecular weight excluding hydrogens is 248 g/mol. The van der Waals surface area contributed by atoms with Gasteiger partial charge >= 0.3 is 5.69 Å². The Hall–Kier alpha value is -1.63. The van der Waals surface area contributed by atoms with Gasteiger partial charge in [-0.3, -0.25) is 10.1 Å². The van der Waals surface area contributed by atoms with Crippen molar-refractivity contribution in [2.45, 2.75) is 52.6 Å². The number of hydrogen-bond donors (Lipinski definition) is 2. The molecule has 0 atom stereocenters. The van der Waals surface area contributed by atoms with Crippen molar-refractivity contribution in [2.75, 3.05) is 11.9 Å². The van der Waals surface area contributed by atoms with Gasteiger partial charge in [0, 0.05) is 6.54 Å². The van der Waals surface area contributed by atoms with Crippen molar-refractivity contribution in [2.24, 2.45) is 0 Å². The van der Waals surface area contributed by atoms with Crippen LogP contribution in [0.15, 0.2) is 0 Å². The molecular formula is C12H22N4O3. The third-order valence-corrected chi connectivity index (χ3v) is 3.62. The fraction of sp³-hybridized carbons (Fsp3) is 0.750. The Balaban J connectivity index is 3.28. The molecule has 7 heteroatoms. The van der Waals surface area contributed by atoms with Crippen LogP contribution in [0.2, 0.25) is 0 Å². The standard InChI is InChI=1S/C12H22N4O3/c1-5-12(6-2,8-17)13-11-10(16(18)19)9(4)14-15(11)7-3/h13,17H,5-8H2,1-4H3. The summed E-state index contributed by atoms with van der Waals surface area (Å²) in [4.78, 5) is 10.7. The Morgan fingerprint density at radius 3 is 2.37 bits per heavy atom. The molecule has 0 unspecified atom stereocenters. The quantitative estimate of drug-likeness (QED) is 0.584. The van der Waals surface area contributed by atoms with Gasteiger partial charge in [0.25, 0.3) is 0 Å². The zero-order valence-electron chi connectivity index (χ0n) is 11.9.